The van der Waals surface area contributed by atoms with E-state index in [0.29, 0.717) is 0 Å². The van der Waals surface area contributed by atoms with E-state index in [-0.39, 0.29) is 11.9 Å². The van der Waals surface area contributed by atoms with Crippen LogP contribution in [0.15, 0.2) is 41.8 Å². The Morgan fingerprint density at radius 1 is 1.16 bits per heavy atom. The van der Waals surface area contributed by atoms with Gasteiger partial charge in [-0.05, 0) is 36.3 Å². The molecule has 2 heterocycles. The third kappa shape index (κ3) is 5.76. The molecule has 2 aromatic rings. The molecule has 1 aromatic carbocycles. The topological polar surface area (TPSA) is 38.2 Å². The quantitative estimate of drug-likeness (QED) is 0.526. The highest BCUT2D eigenvalue weighted by atomic mass is 32.2. The maximum absolute atomic E-state index is 13.1. The van der Waals surface area contributed by atoms with Crippen molar-refractivity contribution in [3.63, 3.8) is 0 Å². The van der Waals surface area contributed by atoms with E-state index in [4.69, 9.17) is 4.74 Å². The van der Waals surface area contributed by atoms with Crippen molar-refractivity contribution in [2.24, 2.45) is 0 Å². The zero-order valence-electron chi connectivity index (χ0n) is 14.5. The second-order valence-corrected chi connectivity index (χ2v) is 7.47. The van der Waals surface area contributed by atoms with Crippen LogP contribution in [0.1, 0.15) is 30.9 Å². The number of hydrogen-bond acceptors (Lipinski definition) is 5. The van der Waals surface area contributed by atoms with Crippen LogP contribution in [0, 0.1) is 5.82 Å². The minimum absolute atomic E-state index is 0.202. The smallest absolute Gasteiger partial charge is 0.187 e. The number of hydrogen-bond donors (Lipinski definition) is 0. The lowest BCUT2D eigenvalue weighted by molar-refractivity contribution is 0.0678. The number of aromatic nitrogens is 2. The zero-order valence-corrected chi connectivity index (χ0v) is 15.3. The lowest BCUT2D eigenvalue weighted by atomic mass is 10.1. The first kappa shape index (κ1) is 18.3. The molecule has 1 aliphatic heterocycles. The lowest BCUT2D eigenvalue weighted by Crippen LogP contribution is -2.31. The number of thioether (sulfide) groups is 1. The van der Waals surface area contributed by atoms with Gasteiger partial charge in [0.25, 0.3) is 0 Å². The van der Waals surface area contributed by atoms with E-state index in [9.17, 15) is 4.39 Å². The SMILES string of the molecule is CCSc1ncc(CN(Cc2ccc(F)cc2)CC2CCCO2)cn1. The molecule has 3 rings (SSSR count). The second-order valence-electron chi connectivity index (χ2n) is 6.24. The first-order valence-electron chi connectivity index (χ1n) is 8.75. The van der Waals surface area contributed by atoms with Crippen molar-refractivity contribution >= 4 is 11.8 Å². The summed E-state index contributed by atoms with van der Waals surface area (Å²) in [4.78, 5) is 11.2. The molecule has 0 aliphatic carbocycles. The monoisotopic (exact) mass is 361 g/mol. The molecule has 1 aliphatic rings. The summed E-state index contributed by atoms with van der Waals surface area (Å²) in [6.45, 7) is 5.32. The zero-order chi connectivity index (χ0) is 17.5. The summed E-state index contributed by atoms with van der Waals surface area (Å²) in [5, 5.41) is 0.815. The minimum atomic E-state index is -0.202. The van der Waals surface area contributed by atoms with Crippen LogP contribution in [0.5, 0.6) is 0 Å². The largest absolute Gasteiger partial charge is 0.377 e. The number of halogens is 1. The number of nitrogens with zero attached hydrogens (tertiary/aromatic N) is 3. The van der Waals surface area contributed by atoms with E-state index in [1.54, 1.807) is 11.8 Å². The van der Waals surface area contributed by atoms with Crippen LogP contribution in [0.3, 0.4) is 0 Å². The van der Waals surface area contributed by atoms with Gasteiger partial charge in [0.2, 0.25) is 0 Å². The summed E-state index contributed by atoms with van der Waals surface area (Å²) >= 11 is 1.64. The molecule has 4 nitrogen and oxygen atoms in total. The third-order valence-corrected chi connectivity index (χ3v) is 4.92. The Kier molecular flexibility index (Phi) is 6.78. The van der Waals surface area contributed by atoms with Gasteiger partial charge in [0.05, 0.1) is 6.10 Å². The molecule has 1 unspecified atom stereocenters. The van der Waals surface area contributed by atoms with E-state index in [1.807, 2.05) is 24.5 Å². The molecular formula is C19H24FN3OS. The molecule has 1 atom stereocenters. The van der Waals surface area contributed by atoms with Gasteiger partial charge < -0.3 is 4.74 Å². The number of benzene rings is 1. The van der Waals surface area contributed by atoms with Gasteiger partial charge in [-0.3, -0.25) is 4.90 Å². The first-order chi connectivity index (χ1) is 12.2. The molecular weight excluding hydrogens is 337 g/mol. The second kappa shape index (κ2) is 9.27. The molecule has 25 heavy (non-hydrogen) atoms. The minimum Gasteiger partial charge on any atom is -0.377 e. The van der Waals surface area contributed by atoms with Crippen molar-refractivity contribution in [1.29, 1.82) is 0 Å². The normalized spacial score (nSPS) is 17.3. The highest BCUT2D eigenvalue weighted by molar-refractivity contribution is 7.99. The molecule has 1 fully saturated rings. The van der Waals surface area contributed by atoms with Gasteiger partial charge in [-0.25, -0.2) is 14.4 Å². The van der Waals surface area contributed by atoms with Crippen molar-refractivity contribution in [2.75, 3.05) is 18.9 Å². The van der Waals surface area contributed by atoms with Crippen LogP contribution in [-0.2, 0) is 17.8 Å². The Bertz CT molecular complexity index is 645. The van der Waals surface area contributed by atoms with E-state index >= 15 is 0 Å². The van der Waals surface area contributed by atoms with Crippen LogP contribution < -0.4 is 0 Å². The highest BCUT2D eigenvalue weighted by Gasteiger charge is 2.20. The summed E-state index contributed by atoms with van der Waals surface area (Å²) < 4.78 is 18.9. The predicted molar refractivity (Wildman–Crippen MR) is 97.9 cm³/mol. The average molecular weight is 361 g/mol. The molecule has 0 saturated carbocycles. The first-order valence-corrected chi connectivity index (χ1v) is 9.73. The van der Waals surface area contributed by atoms with Crippen LogP contribution in [0.2, 0.25) is 0 Å². The van der Waals surface area contributed by atoms with Gasteiger partial charge in [0.1, 0.15) is 5.82 Å². The van der Waals surface area contributed by atoms with Gasteiger partial charge in [-0.2, -0.15) is 0 Å². The molecule has 0 spiro atoms. The van der Waals surface area contributed by atoms with Crippen LogP contribution in [0.25, 0.3) is 0 Å². The average Bonchev–Trinajstić information content (AvgIpc) is 3.12. The van der Waals surface area contributed by atoms with Gasteiger partial charge in [0, 0.05) is 44.2 Å². The highest BCUT2D eigenvalue weighted by Crippen LogP contribution is 2.18. The molecule has 0 amide bonds. The summed E-state index contributed by atoms with van der Waals surface area (Å²) in [6.07, 6.45) is 6.30. The van der Waals surface area contributed by atoms with Crippen molar-refractivity contribution in [3.05, 3.63) is 53.6 Å². The van der Waals surface area contributed by atoms with Crippen molar-refractivity contribution in [1.82, 2.24) is 14.9 Å². The number of rotatable bonds is 8. The Morgan fingerprint density at radius 2 is 1.88 bits per heavy atom. The molecule has 0 bridgehead atoms. The fourth-order valence-corrected chi connectivity index (χ4v) is 3.51. The van der Waals surface area contributed by atoms with Gasteiger partial charge in [-0.15, -0.1) is 0 Å². The fourth-order valence-electron chi connectivity index (χ4n) is 3.00. The van der Waals surface area contributed by atoms with E-state index in [2.05, 4.69) is 21.8 Å². The molecule has 0 radical (unpaired) electrons. The maximum Gasteiger partial charge on any atom is 0.187 e. The van der Waals surface area contributed by atoms with E-state index in [0.717, 1.165) is 61.1 Å². The number of ether oxygens (including phenoxy) is 1. The van der Waals surface area contributed by atoms with Gasteiger partial charge in [-0.1, -0.05) is 30.8 Å². The summed E-state index contributed by atoms with van der Waals surface area (Å²) in [7, 11) is 0. The van der Waals surface area contributed by atoms with Gasteiger partial charge >= 0.3 is 0 Å². The molecule has 0 N–H and O–H groups in total. The Labute approximate surface area is 152 Å². The third-order valence-electron chi connectivity index (χ3n) is 4.17. The van der Waals surface area contributed by atoms with Crippen LogP contribution in [-0.4, -0.2) is 39.9 Å². The van der Waals surface area contributed by atoms with Crippen molar-refractivity contribution < 1.29 is 9.13 Å². The molecule has 6 heteroatoms. The molecule has 134 valence electrons. The summed E-state index contributed by atoms with van der Waals surface area (Å²) in [5.74, 6) is 0.765. The summed E-state index contributed by atoms with van der Waals surface area (Å²) in [6, 6.07) is 6.71. The Morgan fingerprint density at radius 3 is 2.52 bits per heavy atom. The van der Waals surface area contributed by atoms with Gasteiger partial charge in [0.15, 0.2) is 5.16 Å². The van der Waals surface area contributed by atoms with E-state index in [1.165, 1.54) is 12.1 Å². The van der Waals surface area contributed by atoms with Crippen molar-refractivity contribution in [3.8, 4) is 0 Å². The lowest BCUT2D eigenvalue weighted by Gasteiger charge is -2.25. The standard InChI is InChI=1S/C19H24FN3OS/c1-2-25-19-21-10-16(11-22-19)13-23(14-18-4-3-9-24-18)12-15-5-7-17(20)8-6-15/h5-8,10-11,18H,2-4,9,12-14H2,1H3. The molecule has 1 aromatic heterocycles. The Hall–Kier alpha value is -1.50. The van der Waals surface area contributed by atoms with E-state index < -0.39 is 0 Å². The van der Waals surface area contributed by atoms with Crippen molar-refractivity contribution in [2.45, 2.75) is 44.1 Å². The van der Waals surface area contributed by atoms with Crippen LogP contribution in [0.4, 0.5) is 4.39 Å². The predicted octanol–water partition coefficient (Wildman–Crippen LogP) is 3.91. The van der Waals surface area contributed by atoms with Crippen LogP contribution >= 0.6 is 11.8 Å². The maximum atomic E-state index is 13.1. The Balaban J connectivity index is 1.67. The molecule has 1 saturated heterocycles. The summed E-state index contributed by atoms with van der Waals surface area (Å²) in [5.41, 5.74) is 2.18. The fraction of sp³-hybridized carbons (Fsp3) is 0.474.